The zero-order valence-corrected chi connectivity index (χ0v) is 24.7. The van der Waals surface area contributed by atoms with Gasteiger partial charge in [0.05, 0.1) is 11.4 Å². The molecule has 0 saturated heterocycles. The van der Waals surface area contributed by atoms with Crippen LogP contribution < -0.4 is 10.6 Å². The number of alkyl halides is 2. The Morgan fingerprint density at radius 2 is 1.72 bits per heavy atom. The fraction of sp³-hybridized carbons (Fsp3) is 0.257. The molecule has 222 valence electrons. The molecule has 0 spiro atoms. The average Bonchev–Trinajstić information content (AvgIpc) is 3.41. The van der Waals surface area contributed by atoms with Gasteiger partial charge in [-0.05, 0) is 90.4 Å². The third kappa shape index (κ3) is 8.16. The number of halogens is 3. The Morgan fingerprint density at radius 1 is 1.00 bits per heavy atom. The Kier molecular flexibility index (Phi) is 10.1. The smallest absolute Gasteiger partial charge is 0.288 e. The summed E-state index contributed by atoms with van der Waals surface area (Å²) in [7, 11) is 0. The van der Waals surface area contributed by atoms with Gasteiger partial charge in [0.2, 0.25) is 0 Å². The first-order valence-corrected chi connectivity index (χ1v) is 14.3. The van der Waals surface area contributed by atoms with Gasteiger partial charge in [-0.25, -0.2) is 9.07 Å². The summed E-state index contributed by atoms with van der Waals surface area (Å²) in [6, 6.07) is 19.1. The number of benzene rings is 3. The van der Waals surface area contributed by atoms with Crippen LogP contribution >= 0.6 is 0 Å². The number of anilines is 2. The first kappa shape index (κ1) is 31.2. The summed E-state index contributed by atoms with van der Waals surface area (Å²) in [6.45, 7) is 9.12. The molecule has 1 aromatic heterocycles. The monoisotopic (exact) mass is 583 g/mol. The molecule has 0 bridgehead atoms. The van der Waals surface area contributed by atoms with Crippen molar-refractivity contribution in [1.29, 1.82) is 0 Å². The maximum absolute atomic E-state index is 14.1. The molecule has 0 atom stereocenters. The topological polar surface area (TPSA) is 54.2 Å². The van der Waals surface area contributed by atoms with Crippen molar-refractivity contribution in [3.63, 3.8) is 0 Å². The van der Waals surface area contributed by atoms with E-state index in [1.165, 1.54) is 51.7 Å². The van der Waals surface area contributed by atoms with E-state index in [1.807, 2.05) is 18.2 Å². The number of rotatable bonds is 13. The van der Waals surface area contributed by atoms with Gasteiger partial charge in [-0.1, -0.05) is 38.6 Å². The molecule has 8 heteroatoms. The number of aromatic nitrogens is 2. The highest BCUT2D eigenvalue weighted by Crippen LogP contribution is 2.31. The van der Waals surface area contributed by atoms with Gasteiger partial charge in [0.1, 0.15) is 23.1 Å². The van der Waals surface area contributed by atoms with E-state index in [0.717, 1.165) is 49.5 Å². The highest BCUT2D eigenvalue weighted by atomic mass is 19.3. The van der Waals surface area contributed by atoms with Crippen LogP contribution in [-0.2, 0) is 31.6 Å². The predicted molar refractivity (Wildman–Crippen MR) is 170 cm³/mol. The van der Waals surface area contributed by atoms with Gasteiger partial charge in [-0.3, -0.25) is 4.99 Å². The van der Waals surface area contributed by atoms with E-state index in [9.17, 15) is 13.2 Å². The second kappa shape index (κ2) is 13.9. The van der Waals surface area contributed by atoms with E-state index in [2.05, 4.69) is 65.3 Å². The fourth-order valence-corrected chi connectivity index (χ4v) is 4.81. The van der Waals surface area contributed by atoms with Crippen LogP contribution in [0.25, 0.3) is 5.69 Å². The summed E-state index contributed by atoms with van der Waals surface area (Å²) in [5.74, 6) is -0.371. The Balaban J connectivity index is 1.50. The molecular formula is C35H36F3N5. The third-order valence-corrected chi connectivity index (χ3v) is 7.02. The van der Waals surface area contributed by atoms with E-state index >= 15 is 0 Å². The number of nitrogens with zero attached hydrogens (tertiary/aromatic N) is 3. The number of aliphatic imine (C=N–C) groups is 1. The molecule has 43 heavy (non-hydrogen) atoms. The van der Waals surface area contributed by atoms with Gasteiger partial charge in [0.15, 0.2) is 0 Å². The van der Waals surface area contributed by atoms with Crippen LogP contribution in [0.1, 0.15) is 55.1 Å². The minimum atomic E-state index is -3.16. The summed E-state index contributed by atoms with van der Waals surface area (Å²) in [4.78, 5) is 4.67. The lowest BCUT2D eigenvalue weighted by Gasteiger charge is -2.15. The van der Waals surface area contributed by atoms with Crippen LogP contribution in [0.4, 0.5) is 30.4 Å². The Bertz CT molecular complexity index is 1640. The van der Waals surface area contributed by atoms with Crippen molar-refractivity contribution < 1.29 is 13.2 Å². The maximum Gasteiger partial charge on any atom is 0.288 e. The van der Waals surface area contributed by atoms with Crippen LogP contribution in [0.2, 0.25) is 0 Å². The van der Waals surface area contributed by atoms with Gasteiger partial charge in [-0.15, -0.1) is 12.3 Å². The SMILES string of the molecule is C#CCC=Nc1cc(CC)c(CC)cc1CCc1cccc(NC(=C)Nc2cc(C(C)(F)F)nn2-c2ccc(F)cc2)c1. The van der Waals surface area contributed by atoms with Crippen molar-refractivity contribution in [3.8, 4) is 18.0 Å². The minimum Gasteiger partial charge on any atom is -0.342 e. The molecular weight excluding hydrogens is 547 g/mol. The molecule has 0 unspecified atom stereocenters. The van der Waals surface area contributed by atoms with Gasteiger partial charge < -0.3 is 10.6 Å². The van der Waals surface area contributed by atoms with E-state index in [1.54, 1.807) is 6.21 Å². The van der Waals surface area contributed by atoms with E-state index in [-0.39, 0.29) is 5.82 Å². The number of hydrogen-bond donors (Lipinski definition) is 2. The second-order valence-corrected chi connectivity index (χ2v) is 10.3. The lowest BCUT2D eigenvalue weighted by molar-refractivity contribution is 0.0124. The Hall–Kier alpha value is -4.77. The summed E-state index contributed by atoms with van der Waals surface area (Å²) >= 11 is 0. The molecule has 0 amide bonds. The summed E-state index contributed by atoms with van der Waals surface area (Å²) in [6.07, 6.45) is 11.2. The molecule has 0 aliphatic rings. The first-order valence-electron chi connectivity index (χ1n) is 14.3. The number of aryl methyl sites for hydroxylation is 4. The summed E-state index contributed by atoms with van der Waals surface area (Å²) < 4.78 is 43.0. The number of terminal acetylenes is 1. The number of nitrogens with one attached hydrogen (secondary N) is 2. The molecule has 1 heterocycles. The average molecular weight is 584 g/mol. The highest BCUT2D eigenvalue weighted by molar-refractivity contribution is 5.68. The fourth-order valence-electron chi connectivity index (χ4n) is 4.81. The summed E-state index contributed by atoms with van der Waals surface area (Å²) in [5, 5.41) is 10.3. The van der Waals surface area contributed by atoms with Crippen molar-refractivity contribution in [3.05, 3.63) is 113 Å². The van der Waals surface area contributed by atoms with Crippen LogP contribution in [0.15, 0.2) is 84.1 Å². The lowest BCUT2D eigenvalue weighted by Crippen LogP contribution is -2.12. The molecule has 4 rings (SSSR count). The predicted octanol–water partition coefficient (Wildman–Crippen LogP) is 8.75. The van der Waals surface area contributed by atoms with Crippen molar-refractivity contribution in [2.45, 2.75) is 58.8 Å². The molecule has 0 aliphatic heterocycles. The van der Waals surface area contributed by atoms with Gasteiger partial charge in [0.25, 0.3) is 5.92 Å². The third-order valence-electron chi connectivity index (χ3n) is 7.02. The van der Waals surface area contributed by atoms with Crippen molar-refractivity contribution in [1.82, 2.24) is 9.78 Å². The quantitative estimate of drug-likeness (QED) is 0.122. The normalized spacial score (nSPS) is 11.5. The molecule has 3 aromatic carbocycles. The van der Waals surface area contributed by atoms with Crippen LogP contribution in [-0.4, -0.2) is 16.0 Å². The maximum atomic E-state index is 14.1. The Labute approximate surface area is 251 Å². The second-order valence-electron chi connectivity index (χ2n) is 10.3. The van der Waals surface area contributed by atoms with Crippen LogP contribution in [0.3, 0.4) is 0 Å². The van der Waals surface area contributed by atoms with Gasteiger partial charge in [-0.2, -0.15) is 13.9 Å². The largest absolute Gasteiger partial charge is 0.342 e. The molecule has 0 fully saturated rings. The zero-order valence-electron chi connectivity index (χ0n) is 24.7. The molecule has 5 nitrogen and oxygen atoms in total. The molecule has 0 aliphatic carbocycles. The number of hydrogen-bond acceptors (Lipinski definition) is 4. The van der Waals surface area contributed by atoms with Gasteiger partial charge >= 0.3 is 0 Å². The molecule has 4 aromatic rings. The molecule has 0 saturated carbocycles. The summed E-state index contributed by atoms with van der Waals surface area (Å²) in [5.41, 5.74) is 6.65. The zero-order chi connectivity index (χ0) is 31.0. The molecule has 2 N–H and O–H groups in total. The van der Waals surface area contributed by atoms with Crippen LogP contribution in [0.5, 0.6) is 0 Å². The van der Waals surface area contributed by atoms with Crippen LogP contribution in [0, 0.1) is 18.2 Å². The van der Waals surface area contributed by atoms with Crippen molar-refractivity contribution in [2.24, 2.45) is 4.99 Å². The Morgan fingerprint density at radius 3 is 2.40 bits per heavy atom. The standard InChI is InChI=1S/C35H36F3N5/c1-6-9-19-39-32-22-27(8-3)26(7-2)21-28(32)14-13-25-11-10-12-30(20-25)40-24(4)41-34-23-33(35(5,37)38)42-43(34)31-17-15-29(36)16-18-31/h1,10-12,15-23,40-41H,4,7-9,13-14H2,2-3,5H3. The van der Waals surface area contributed by atoms with E-state index < -0.39 is 17.4 Å². The van der Waals surface area contributed by atoms with Gasteiger partial charge in [0, 0.05) is 31.3 Å². The highest BCUT2D eigenvalue weighted by Gasteiger charge is 2.29. The van der Waals surface area contributed by atoms with E-state index in [0.29, 0.717) is 17.9 Å². The minimum absolute atomic E-state index is 0.261. The van der Waals surface area contributed by atoms with Crippen molar-refractivity contribution in [2.75, 3.05) is 10.6 Å². The molecule has 0 radical (unpaired) electrons. The lowest BCUT2D eigenvalue weighted by atomic mass is 9.95. The first-order chi connectivity index (χ1) is 20.6. The van der Waals surface area contributed by atoms with E-state index in [4.69, 9.17) is 6.42 Å². The van der Waals surface area contributed by atoms with Crippen molar-refractivity contribution >= 4 is 23.4 Å².